The molecule has 1 aromatic carbocycles. The Kier molecular flexibility index (Phi) is 6.91. The smallest absolute Gasteiger partial charge is 0.408 e. The lowest BCUT2D eigenvalue weighted by atomic mass is 10.0. The Morgan fingerprint density at radius 3 is 2.74 bits per heavy atom. The summed E-state index contributed by atoms with van der Waals surface area (Å²) in [5, 5.41) is 9.66. The second kappa shape index (κ2) is 10.2. The van der Waals surface area contributed by atoms with Crippen LogP contribution >= 0.6 is 11.6 Å². The molecule has 202 valence electrons. The Hall–Kier alpha value is -4.16. The van der Waals surface area contributed by atoms with Gasteiger partial charge in [-0.1, -0.05) is 29.5 Å². The van der Waals surface area contributed by atoms with E-state index in [9.17, 15) is 9.59 Å². The number of carbonyl (C=O) groups is 2. The lowest BCUT2D eigenvalue weighted by Gasteiger charge is -2.21. The van der Waals surface area contributed by atoms with Crippen molar-refractivity contribution >= 4 is 35.0 Å². The number of hydrogen-bond acceptors (Lipinski definition) is 6. The minimum atomic E-state index is -0.639. The predicted molar refractivity (Wildman–Crippen MR) is 150 cm³/mol. The van der Waals surface area contributed by atoms with E-state index in [2.05, 4.69) is 37.8 Å². The Balaban J connectivity index is 1.54. The number of carbonyl (C=O) groups excluding carboxylic acids is 2. The summed E-state index contributed by atoms with van der Waals surface area (Å²) in [5.74, 6) is 6.74. The number of rotatable bonds is 5. The molecule has 0 unspecified atom stereocenters. The zero-order valence-corrected chi connectivity index (χ0v) is 23.0. The van der Waals surface area contributed by atoms with Crippen LogP contribution in [0.1, 0.15) is 55.2 Å². The van der Waals surface area contributed by atoms with Gasteiger partial charge in [0.1, 0.15) is 11.1 Å². The molecule has 5 rings (SSSR count). The molecule has 1 fully saturated rings. The molecule has 4 N–H and O–H groups in total. The van der Waals surface area contributed by atoms with Crippen molar-refractivity contribution < 1.29 is 19.1 Å². The van der Waals surface area contributed by atoms with E-state index in [-0.39, 0.29) is 5.91 Å². The number of fused-ring (bicyclic) bond motifs is 1. The number of aromatic amines is 1. The molecule has 39 heavy (non-hydrogen) atoms. The number of para-hydroxylation sites is 1. The van der Waals surface area contributed by atoms with Crippen LogP contribution in [0.2, 0.25) is 5.02 Å². The van der Waals surface area contributed by atoms with Crippen LogP contribution in [-0.2, 0) is 11.2 Å². The van der Waals surface area contributed by atoms with E-state index >= 15 is 0 Å². The number of ether oxygens (including phenoxy) is 2. The van der Waals surface area contributed by atoms with E-state index in [1.165, 1.54) is 0 Å². The number of nitrogens with zero attached hydrogens (tertiary/aromatic N) is 1. The van der Waals surface area contributed by atoms with Crippen LogP contribution in [0.5, 0.6) is 5.75 Å². The van der Waals surface area contributed by atoms with Crippen molar-refractivity contribution in [3.05, 3.63) is 58.5 Å². The minimum Gasteiger partial charge on any atom is -0.493 e. The van der Waals surface area contributed by atoms with Gasteiger partial charge in [-0.15, -0.1) is 0 Å². The quantitative estimate of drug-likeness (QED) is 0.327. The van der Waals surface area contributed by atoms with E-state index in [1.54, 1.807) is 25.6 Å². The molecule has 1 saturated carbocycles. The van der Waals surface area contributed by atoms with Crippen LogP contribution in [-0.4, -0.2) is 46.8 Å². The highest BCUT2D eigenvalue weighted by atomic mass is 35.5. The van der Waals surface area contributed by atoms with Gasteiger partial charge in [-0.3, -0.25) is 9.78 Å². The van der Waals surface area contributed by atoms with Gasteiger partial charge >= 0.3 is 6.09 Å². The first-order valence-electron chi connectivity index (χ1n) is 12.7. The molecule has 1 aliphatic heterocycles. The molecule has 2 amide bonds. The molecule has 0 atom stereocenters. The van der Waals surface area contributed by atoms with Gasteiger partial charge in [0.25, 0.3) is 5.91 Å². The first-order chi connectivity index (χ1) is 18.6. The number of H-pyrrole nitrogens is 1. The summed E-state index contributed by atoms with van der Waals surface area (Å²) in [4.78, 5) is 33.1. The van der Waals surface area contributed by atoms with E-state index in [1.807, 2.05) is 39.0 Å². The number of amides is 2. The topological polar surface area (TPSA) is 117 Å². The number of anilines is 2. The molecular formula is C29H30ClN5O4. The highest BCUT2D eigenvalue weighted by Crippen LogP contribution is 2.41. The molecule has 0 bridgehead atoms. The fraction of sp³-hybridized carbons (Fsp3) is 0.345. The molecule has 2 aliphatic rings. The Morgan fingerprint density at radius 2 is 2.03 bits per heavy atom. The zero-order valence-electron chi connectivity index (χ0n) is 22.3. The van der Waals surface area contributed by atoms with Gasteiger partial charge in [0.15, 0.2) is 5.75 Å². The monoisotopic (exact) mass is 547 g/mol. The molecule has 0 radical (unpaired) electrons. The number of methoxy groups -OCH3 is 1. The predicted octanol–water partition coefficient (Wildman–Crippen LogP) is 5.18. The Labute approximate surface area is 232 Å². The van der Waals surface area contributed by atoms with Gasteiger partial charge in [-0.25, -0.2) is 4.79 Å². The standard InChI is InChI=1S/C29H30ClN5O4/c1-28(2,3)39-27(37)35-29(12-13-29)11-8-17-16-31-14-9-18(17)23-24(22-20(33-23)10-15-32-26(22)36)34-21-7-5-6-19(30)25(21)38-4/h5-7,9,14,16,33-34H,10,12-13,15H2,1-4H3,(H,32,36)(H,35,37). The van der Waals surface area contributed by atoms with E-state index in [0.29, 0.717) is 51.9 Å². The summed E-state index contributed by atoms with van der Waals surface area (Å²) in [6, 6.07) is 7.23. The molecule has 2 aromatic heterocycles. The van der Waals surface area contributed by atoms with Crippen LogP contribution in [0.4, 0.5) is 16.2 Å². The summed E-state index contributed by atoms with van der Waals surface area (Å²) in [6.07, 6.45) is 4.97. The number of alkyl carbamates (subject to hydrolysis) is 1. The van der Waals surface area contributed by atoms with E-state index in [4.69, 9.17) is 21.1 Å². The van der Waals surface area contributed by atoms with Crippen molar-refractivity contribution in [1.29, 1.82) is 0 Å². The minimum absolute atomic E-state index is 0.178. The number of nitrogens with one attached hydrogen (secondary N) is 4. The SMILES string of the molecule is COc1c(Cl)cccc1Nc1c(-c2ccncc2C#CC2(NC(=O)OC(C)(C)C)CC2)[nH]c2c1C(=O)NCC2. The van der Waals surface area contributed by atoms with E-state index in [0.717, 1.165) is 24.1 Å². The number of hydrogen-bond donors (Lipinski definition) is 4. The van der Waals surface area contributed by atoms with Crippen molar-refractivity contribution in [2.45, 2.75) is 51.2 Å². The highest BCUT2D eigenvalue weighted by molar-refractivity contribution is 6.32. The average Bonchev–Trinajstić information content (AvgIpc) is 3.53. The molecule has 9 nitrogen and oxygen atoms in total. The fourth-order valence-corrected chi connectivity index (χ4v) is 4.71. The van der Waals surface area contributed by atoms with Crippen molar-refractivity contribution in [3.63, 3.8) is 0 Å². The molecule has 3 heterocycles. The summed E-state index contributed by atoms with van der Waals surface area (Å²) in [5.41, 5.74) is 3.41. The molecule has 0 saturated heterocycles. The van der Waals surface area contributed by atoms with Crippen molar-refractivity contribution in [1.82, 2.24) is 20.6 Å². The second-order valence-electron chi connectivity index (χ2n) is 10.6. The number of pyridine rings is 1. The first kappa shape index (κ1) is 26.4. The van der Waals surface area contributed by atoms with Crippen LogP contribution in [0, 0.1) is 11.8 Å². The van der Waals surface area contributed by atoms with Crippen LogP contribution in [0.15, 0.2) is 36.7 Å². The van der Waals surface area contributed by atoms with Gasteiger partial charge in [0.2, 0.25) is 0 Å². The maximum Gasteiger partial charge on any atom is 0.408 e. The van der Waals surface area contributed by atoms with Crippen molar-refractivity contribution in [3.8, 4) is 28.8 Å². The Morgan fingerprint density at radius 1 is 1.23 bits per heavy atom. The molecule has 3 aromatic rings. The van der Waals surface area contributed by atoms with Gasteiger partial charge in [0.05, 0.1) is 40.3 Å². The number of halogens is 1. The normalized spacial score (nSPS) is 15.3. The fourth-order valence-electron chi connectivity index (χ4n) is 4.46. The van der Waals surface area contributed by atoms with Crippen LogP contribution in [0.25, 0.3) is 11.3 Å². The maximum atomic E-state index is 13.0. The molecule has 0 spiro atoms. The lowest BCUT2D eigenvalue weighted by molar-refractivity contribution is 0.0510. The maximum absolute atomic E-state index is 13.0. The summed E-state index contributed by atoms with van der Waals surface area (Å²) in [7, 11) is 1.54. The molecule has 1 aliphatic carbocycles. The zero-order chi connectivity index (χ0) is 27.8. The highest BCUT2D eigenvalue weighted by Gasteiger charge is 2.43. The Bertz CT molecular complexity index is 1510. The largest absolute Gasteiger partial charge is 0.493 e. The van der Waals surface area contributed by atoms with Crippen LogP contribution in [0.3, 0.4) is 0 Å². The van der Waals surface area contributed by atoms with Gasteiger partial charge < -0.3 is 30.4 Å². The number of benzene rings is 1. The average molecular weight is 548 g/mol. The van der Waals surface area contributed by atoms with Gasteiger partial charge in [-0.2, -0.15) is 0 Å². The third kappa shape index (κ3) is 5.66. The third-order valence-electron chi connectivity index (χ3n) is 6.41. The van der Waals surface area contributed by atoms with Crippen molar-refractivity contribution in [2.75, 3.05) is 19.0 Å². The summed E-state index contributed by atoms with van der Waals surface area (Å²) < 4.78 is 10.9. The first-order valence-corrected chi connectivity index (χ1v) is 13.1. The summed E-state index contributed by atoms with van der Waals surface area (Å²) in [6.45, 7) is 6.00. The molecular weight excluding hydrogens is 518 g/mol. The summed E-state index contributed by atoms with van der Waals surface area (Å²) >= 11 is 6.37. The van der Waals surface area contributed by atoms with Crippen LogP contribution < -0.4 is 20.7 Å². The second-order valence-corrected chi connectivity index (χ2v) is 11.0. The molecule has 10 heteroatoms. The number of aromatic nitrogens is 2. The van der Waals surface area contributed by atoms with E-state index < -0.39 is 17.2 Å². The third-order valence-corrected chi connectivity index (χ3v) is 6.71. The van der Waals surface area contributed by atoms with Gasteiger partial charge in [0, 0.05) is 36.6 Å². The van der Waals surface area contributed by atoms with Gasteiger partial charge in [-0.05, 0) is 51.8 Å². The van der Waals surface area contributed by atoms with Crippen molar-refractivity contribution in [2.24, 2.45) is 0 Å². The lowest BCUT2D eigenvalue weighted by Crippen LogP contribution is -2.39.